The smallest absolute Gasteiger partial charge is 0.295 e. The van der Waals surface area contributed by atoms with Gasteiger partial charge in [-0.2, -0.15) is 0 Å². The van der Waals surface area contributed by atoms with E-state index in [4.69, 9.17) is 9.47 Å². The van der Waals surface area contributed by atoms with E-state index in [-0.39, 0.29) is 11.3 Å². The highest BCUT2D eigenvalue weighted by molar-refractivity contribution is 6.46. The third-order valence-corrected chi connectivity index (χ3v) is 6.54. The second-order valence-corrected chi connectivity index (χ2v) is 9.55. The molecular weight excluding hydrogens is 480 g/mol. The number of carbonyl (C=O) groups is 2. The zero-order chi connectivity index (χ0) is 27.2. The molecule has 0 saturated carbocycles. The molecule has 0 spiro atoms. The van der Waals surface area contributed by atoms with E-state index < -0.39 is 17.7 Å². The molecule has 0 radical (unpaired) electrons. The van der Waals surface area contributed by atoms with Crippen LogP contribution in [0, 0.1) is 6.92 Å². The van der Waals surface area contributed by atoms with Crippen LogP contribution in [-0.4, -0.2) is 60.4 Å². The van der Waals surface area contributed by atoms with Crippen molar-refractivity contribution in [3.8, 4) is 11.5 Å². The molecule has 1 amide bonds. The highest BCUT2D eigenvalue weighted by Crippen LogP contribution is 2.40. The molecule has 1 aliphatic heterocycles. The molecule has 0 unspecified atom stereocenters. The van der Waals surface area contributed by atoms with Crippen LogP contribution in [0.1, 0.15) is 35.2 Å². The Hall–Kier alpha value is -4.10. The molecule has 198 valence electrons. The minimum Gasteiger partial charge on any atom is -0.507 e. The number of aliphatic hydroxyl groups excluding tert-OH is 1. The first kappa shape index (κ1) is 26.9. The Kier molecular flexibility index (Phi) is 8.48. The Balaban J connectivity index is 1.69. The predicted octanol–water partition coefficient (Wildman–Crippen LogP) is 4.96. The van der Waals surface area contributed by atoms with Gasteiger partial charge in [-0.25, -0.2) is 0 Å². The lowest BCUT2D eigenvalue weighted by molar-refractivity contribution is -0.140. The summed E-state index contributed by atoms with van der Waals surface area (Å²) in [6.45, 7) is 5.62. The van der Waals surface area contributed by atoms with Crippen molar-refractivity contribution in [2.24, 2.45) is 0 Å². The van der Waals surface area contributed by atoms with Crippen LogP contribution in [0.2, 0.25) is 0 Å². The van der Waals surface area contributed by atoms with Crippen molar-refractivity contribution in [1.29, 1.82) is 0 Å². The van der Waals surface area contributed by atoms with Gasteiger partial charge < -0.3 is 24.4 Å². The van der Waals surface area contributed by atoms with Crippen molar-refractivity contribution < 1.29 is 24.2 Å². The maximum Gasteiger partial charge on any atom is 0.295 e. The lowest BCUT2D eigenvalue weighted by Crippen LogP contribution is -2.35. The van der Waals surface area contributed by atoms with E-state index in [9.17, 15) is 14.7 Å². The number of rotatable bonds is 10. The topological polar surface area (TPSA) is 79.3 Å². The summed E-state index contributed by atoms with van der Waals surface area (Å²) in [6.07, 6.45) is 0. The number of likely N-dealkylation sites (N-methyl/N-ethyl adjacent to an activating group) is 1. The normalized spacial score (nSPS) is 16.8. The molecule has 1 saturated heterocycles. The minimum atomic E-state index is -0.709. The fraction of sp³-hybridized carbons (Fsp3) is 0.290. The van der Waals surface area contributed by atoms with Crippen LogP contribution in [0.5, 0.6) is 11.5 Å². The molecule has 3 aromatic rings. The Bertz CT molecular complexity index is 1320. The summed E-state index contributed by atoms with van der Waals surface area (Å²) in [4.78, 5) is 29.9. The number of ketones is 1. The van der Waals surface area contributed by atoms with Gasteiger partial charge in [0.05, 0.1) is 18.2 Å². The number of carbonyl (C=O) groups excluding carboxylic acids is 2. The highest BCUT2D eigenvalue weighted by Gasteiger charge is 2.46. The van der Waals surface area contributed by atoms with Crippen molar-refractivity contribution in [2.45, 2.75) is 26.5 Å². The Morgan fingerprint density at radius 3 is 2.26 bits per heavy atom. The molecule has 4 rings (SSSR count). The van der Waals surface area contributed by atoms with Crippen LogP contribution in [0.3, 0.4) is 0 Å². The van der Waals surface area contributed by atoms with Gasteiger partial charge >= 0.3 is 0 Å². The second kappa shape index (κ2) is 12.0. The maximum absolute atomic E-state index is 13.3. The third-order valence-electron chi connectivity index (χ3n) is 6.54. The summed E-state index contributed by atoms with van der Waals surface area (Å²) in [5.74, 6) is -0.153. The fourth-order valence-electron chi connectivity index (χ4n) is 4.56. The van der Waals surface area contributed by atoms with Gasteiger partial charge in [0.25, 0.3) is 11.7 Å². The maximum atomic E-state index is 13.3. The van der Waals surface area contributed by atoms with Crippen LogP contribution in [0.15, 0.2) is 78.4 Å². The van der Waals surface area contributed by atoms with Crippen LogP contribution in [0.4, 0.5) is 0 Å². The monoisotopic (exact) mass is 514 g/mol. The number of hydrogen-bond donors (Lipinski definition) is 1. The van der Waals surface area contributed by atoms with Gasteiger partial charge in [0.1, 0.15) is 23.9 Å². The Morgan fingerprint density at radius 2 is 1.63 bits per heavy atom. The zero-order valence-corrected chi connectivity index (χ0v) is 22.3. The van der Waals surface area contributed by atoms with E-state index in [1.165, 1.54) is 4.90 Å². The summed E-state index contributed by atoms with van der Waals surface area (Å²) in [5.41, 5.74) is 3.08. The summed E-state index contributed by atoms with van der Waals surface area (Å²) in [5, 5.41) is 11.5. The molecule has 1 heterocycles. The first-order valence-electron chi connectivity index (χ1n) is 12.7. The molecule has 0 aromatic heterocycles. The lowest BCUT2D eigenvalue weighted by atomic mass is 9.94. The lowest BCUT2D eigenvalue weighted by Gasteiger charge is -2.26. The largest absolute Gasteiger partial charge is 0.507 e. The fourth-order valence-corrected chi connectivity index (χ4v) is 4.56. The van der Waals surface area contributed by atoms with E-state index in [0.717, 1.165) is 16.7 Å². The van der Waals surface area contributed by atoms with Gasteiger partial charge in [-0.05, 0) is 75.0 Å². The van der Waals surface area contributed by atoms with Crippen LogP contribution in [0.25, 0.3) is 5.76 Å². The van der Waals surface area contributed by atoms with Gasteiger partial charge in [-0.1, -0.05) is 42.5 Å². The quantitative estimate of drug-likeness (QED) is 0.234. The molecule has 1 N–H and O–H groups in total. The molecule has 1 aliphatic rings. The first-order valence-corrected chi connectivity index (χ1v) is 12.7. The van der Waals surface area contributed by atoms with Crippen molar-refractivity contribution in [2.75, 3.05) is 33.8 Å². The average Bonchev–Trinajstić information content (AvgIpc) is 3.16. The zero-order valence-electron chi connectivity index (χ0n) is 22.3. The van der Waals surface area contributed by atoms with Crippen molar-refractivity contribution in [3.63, 3.8) is 0 Å². The van der Waals surface area contributed by atoms with Gasteiger partial charge in [0.15, 0.2) is 0 Å². The predicted molar refractivity (Wildman–Crippen MR) is 147 cm³/mol. The van der Waals surface area contributed by atoms with E-state index in [1.54, 1.807) is 12.1 Å². The van der Waals surface area contributed by atoms with Crippen LogP contribution in [-0.2, 0) is 16.2 Å². The van der Waals surface area contributed by atoms with E-state index in [1.807, 2.05) is 93.5 Å². The van der Waals surface area contributed by atoms with Gasteiger partial charge in [0.2, 0.25) is 0 Å². The van der Waals surface area contributed by atoms with Gasteiger partial charge in [0, 0.05) is 18.7 Å². The standard InChI is InChI=1S/C31H34N2O5/c1-5-37-24-13-11-23(12-14-24)28-27(30(35)31(36)33(28)18-17-32(3)4)29(34)26-16-15-25(19-21(26)2)38-20-22-9-7-6-8-10-22/h6-16,19,28,34H,5,17-18,20H2,1-4H3/b29-27+/t28-/m1/s1. The molecular formula is C31H34N2O5. The van der Waals surface area contributed by atoms with E-state index >= 15 is 0 Å². The number of nitrogens with zero attached hydrogens (tertiary/aromatic N) is 2. The van der Waals surface area contributed by atoms with Crippen LogP contribution >= 0.6 is 0 Å². The Labute approximate surface area is 223 Å². The number of hydrogen-bond acceptors (Lipinski definition) is 6. The highest BCUT2D eigenvalue weighted by atomic mass is 16.5. The van der Waals surface area contributed by atoms with Crippen molar-refractivity contribution in [1.82, 2.24) is 9.80 Å². The number of likely N-dealkylation sites (tertiary alicyclic amines) is 1. The number of aliphatic hydroxyl groups is 1. The molecule has 1 atom stereocenters. The number of Topliss-reactive ketones (excluding diaryl/α,β-unsaturated/α-hetero) is 1. The molecule has 38 heavy (non-hydrogen) atoms. The number of benzene rings is 3. The van der Waals surface area contributed by atoms with Crippen LogP contribution < -0.4 is 9.47 Å². The average molecular weight is 515 g/mol. The summed E-state index contributed by atoms with van der Waals surface area (Å²) in [7, 11) is 3.82. The molecule has 7 nitrogen and oxygen atoms in total. The van der Waals surface area contributed by atoms with Gasteiger partial charge in [-0.15, -0.1) is 0 Å². The molecule has 7 heteroatoms. The van der Waals surface area contributed by atoms with E-state index in [0.29, 0.717) is 43.4 Å². The molecule has 0 aliphatic carbocycles. The van der Waals surface area contributed by atoms with Gasteiger partial charge in [-0.3, -0.25) is 9.59 Å². The first-order chi connectivity index (χ1) is 18.3. The minimum absolute atomic E-state index is 0.0824. The summed E-state index contributed by atoms with van der Waals surface area (Å²) in [6, 6.07) is 21.8. The second-order valence-electron chi connectivity index (χ2n) is 9.55. The summed E-state index contributed by atoms with van der Waals surface area (Å²) >= 11 is 0. The third kappa shape index (κ3) is 5.89. The molecule has 0 bridgehead atoms. The van der Waals surface area contributed by atoms with E-state index in [2.05, 4.69) is 0 Å². The Morgan fingerprint density at radius 1 is 0.947 bits per heavy atom. The van der Waals surface area contributed by atoms with Crippen molar-refractivity contribution in [3.05, 3.63) is 101 Å². The number of ether oxygens (including phenoxy) is 2. The molecule has 3 aromatic carbocycles. The van der Waals surface area contributed by atoms with Crippen molar-refractivity contribution >= 4 is 17.4 Å². The number of amides is 1. The number of aryl methyl sites for hydroxylation is 1. The SMILES string of the molecule is CCOc1ccc([C@@H]2/C(=C(\O)c3ccc(OCc4ccccc4)cc3C)C(=O)C(=O)N2CCN(C)C)cc1. The summed E-state index contributed by atoms with van der Waals surface area (Å²) < 4.78 is 11.5. The molecule has 1 fully saturated rings.